The fourth-order valence-electron chi connectivity index (χ4n) is 8.75. The van der Waals surface area contributed by atoms with Gasteiger partial charge in [-0.3, -0.25) is 4.79 Å². The van der Waals surface area contributed by atoms with Crippen molar-refractivity contribution in [3.8, 4) is 5.75 Å². The van der Waals surface area contributed by atoms with E-state index < -0.39 is 0 Å². The first-order valence-corrected chi connectivity index (χ1v) is 14.7. The van der Waals surface area contributed by atoms with Crippen LogP contribution in [0.4, 0.5) is 0 Å². The van der Waals surface area contributed by atoms with E-state index in [-0.39, 0.29) is 17.4 Å². The molecule has 36 heavy (non-hydrogen) atoms. The van der Waals surface area contributed by atoms with Gasteiger partial charge in [-0.05, 0) is 124 Å². The lowest BCUT2D eigenvalue weighted by atomic mass is 9.54. The van der Waals surface area contributed by atoms with Crippen molar-refractivity contribution < 1.29 is 14.3 Å². The average molecular weight is 497 g/mol. The summed E-state index contributed by atoms with van der Waals surface area (Å²) in [6.45, 7) is 10.7. The van der Waals surface area contributed by atoms with Gasteiger partial charge in [0, 0.05) is 32.7 Å². The zero-order valence-corrected chi connectivity index (χ0v) is 23.1. The van der Waals surface area contributed by atoms with Crippen molar-refractivity contribution in [2.45, 2.75) is 96.6 Å². The Balaban J connectivity index is 1.26. The van der Waals surface area contributed by atoms with Crippen molar-refractivity contribution in [3.05, 3.63) is 29.3 Å². The second-order valence-electron chi connectivity index (χ2n) is 12.3. The van der Waals surface area contributed by atoms with E-state index in [0.717, 1.165) is 44.2 Å². The standard InChI is InChI=1S/C31H48N2O3/c1-5-32-29(34)20-23-19-28(35-4)31(3)14-13-26-25-12-10-24(18-22(25)9-11-27(26)30(23)31)36-17-7-16-33-15-6-8-21(33)2/h10,12,18,21,23,26-28,30H,5-9,11,13-17,19-20H2,1-4H3,(H,32,34). The summed E-state index contributed by atoms with van der Waals surface area (Å²) in [5.41, 5.74) is 3.22. The average Bonchev–Trinajstić information content (AvgIpc) is 3.41. The lowest BCUT2D eigenvalue weighted by Crippen LogP contribution is -2.46. The maximum atomic E-state index is 12.6. The van der Waals surface area contributed by atoms with Crippen LogP contribution in [0.2, 0.25) is 0 Å². The molecule has 0 radical (unpaired) electrons. The second kappa shape index (κ2) is 11.0. The van der Waals surface area contributed by atoms with Crippen LogP contribution in [0.15, 0.2) is 18.2 Å². The molecule has 1 saturated heterocycles. The van der Waals surface area contributed by atoms with Gasteiger partial charge in [0.05, 0.1) is 12.7 Å². The summed E-state index contributed by atoms with van der Waals surface area (Å²) in [6.07, 6.45) is 10.5. The van der Waals surface area contributed by atoms with Crippen LogP contribution in [0, 0.1) is 23.2 Å². The number of hydrogen-bond acceptors (Lipinski definition) is 4. The quantitative estimate of drug-likeness (QED) is 0.455. The van der Waals surface area contributed by atoms with Crippen LogP contribution in [0.25, 0.3) is 0 Å². The van der Waals surface area contributed by atoms with Gasteiger partial charge in [-0.1, -0.05) is 13.0 Å². The normalized spacial score (nSPS) is 35.7. The van der Waals surface area contributed by atoms with E-state index >= 15 is 0 Å². The molecule has 5 rings (SSSR count). The molecule has 3 aliphatic carbocycles. The fourth-order valence-corrected chi connectivity index (χ4v) is 8.75. The molecule has 7 atom stereocenters. The van der Waals surface area contributed by atoms with Crippen molar-refractivity contribution in [1.82, 2.24) is 10.2 Å². The molecular formula is C31H48N2O3. The molecule has 5 nitrogen and oxygen atoms in total. The summed E-state index contributed by atoms with van der Waals surface area (Å²) in [7, 11) is 1.87. The zero-order valence-electron chi connectivity index (χ0n) is 23.1. The highest BCUT2D eigenvalue weighted by Gasteiger charge is 2.59. The summed E-state index contributed by atoms with van der Waals surface area (Å²) in [5, 5.41) is 3.05. The van der Waals surface area contributed by atoms with E-state index in [4.69, 9.17) is 9.47 Å². The number of amides is 1. The largest absolute Gasteiger partial charge is 0.494 e. The minimum atomic E-state index is 0.181. The number of benzene rings is 1. The number of carbonyl (C=O) groups excluding carboxylic acids is 1. The van der Waals surface area contributed by atoms with E-state index in [9.17, 15) is 4.79 Å². The summed E-state index contributed by atoms with van der Waals surface area (Å²) >= 11 is 0. The third-order valence-electron chi connectivity index (χ3n) is 10.4. The van der Waals surface area contributed by atoms with Gasteiger partial charge in [0.2, 0.25) is 5.91 Å². The molecule has 200 valence electrons. The van der Waals surface area contributed by atoms with Crippen molar-refractivity contribution in [3.63, 3.8) is 0 Å². The van der Waals surface area contributed by atoms with Crippen LogP contribution in [0.5, 0.6) is 5.75 Å². The number of methoxy groups -OCH3 is 1. The lowest BCUT2D eigenvalue weighted by molar-refractivity contribution is -0.122. The number of nitrogens with one attached hydrogen (secondary N) is 1. The number of aryl methyl sites for hydroxylation is 1. The molecule has 1 N–H and O–H groups in total. The highest BCUT2D eigenvalue weighted by Crippen LogP contribution is 2.64. The first kappa shape index (κ1) is 26.0. The Morgan fingerprint density at radius 3 is 2.86 bits per heavy atom. The number of carbonyl (C=O) groups is 1. The smallest absolute Gasteiger partial charge is 0.220 e. The maximum Gasteiger partial charge on any atom is 0.220 e. The van der Waals surface area contributed by atoms with Gasteiger partial charge in [0.15, 0.2) is 0 Å². The number of fused-ring (bicyclic) bond motifs is 5. The van der Waals surface area contributed by atoms with E-state index in [1.807, 2.05) is 14.0 Å². The topological polar surface area (TPSA) is 50.8 Å². The van der Waals surface area contributed by atoms with Crippen LogP contribution >= 0.6 is 0 Å². The van der Waals surface area contributed by atoms with Gasteiger partial charge in [0.25, 0.3) is 0 Å². The monoisotopic (exact) mass is 496 g/mol. The van der Waals surface area contributed by atoms with Crippen LogP contribution < -0.4 is 10.1 Å². The number of ether oxygens (including phenoxy) is 2. The van der Waals surface area contributed by atoms with Crippen LogP contribution in [-0.4, -0.2) is 56.3 Å². The summed E-state index contributed by atoms with van der Waals surface area (Å²) in [5.74, 6) is 3.47. The Labute approximate surface area is 218 Å². The van der Waals surface area contributed by atoms with Gasteiger partial charge >= 0.3 is 0 Å². The summed E-state index contributed by atoms with van der Waals surface area (Å²) < 4.78 is 12.3. The third-order valence-corrected chi connectivity index (χ3v) is 10.4. The molecule has 0 bridgehead atoms. The number of rotatable bonds is 9. The van der Waals surface area contributed by atoms with Gasteiger partial charge in [0.1, 0.15) is 5.75 Å². The Kier molecular flexibility index (Phi) is 7.98. The maximum absolute atomic E-state index is 12.6. The Bertz CT molecular complexity index is 919. The van der Waals surface area contributed by atoms with Crippen molar-refractivity contribution in [2.75, 3.05) is 33.4 Å². The Morgan fingerprint density at radius 2 is 2.11 bits per heavy atom. The predicted octanol–water partition coefficient (Wildman–Crippen LogP) is 5.56. The molecular weight excluding hydrogens is 448 g/mol. The molecule has 1 aromatic carbocycles. The molecule has 1 heterocycles. The molecule has 3 fully saturated rings. The molecule has 2 saturated carbocycles. The van der Waals surface area contributed by atoms with Crippen LogP contribution in [-0.2, 0) is 16.0 Å². The molecule has 7 unspecified atom stereocenters. The van der Waals surface area contributed by atoms with E-state index in [0.29, 0.717) is 36.6 Å². The lowest BCUT2D eigenvalue weighted by Gasteiger charge is -2.51. The summed E-state index contributed by atoms with van der Waals surface area (Å²) in [4.78, 5) is 15.2. The van der Waals surface area contributed by atoms with Crippen molar-refractivity contribution in [2.24, 2.45) is 23.2 Å². The van der Waals surface area contributed by atoms with Crippen molar-refractivity contribution in [1.29, 1.82) is 0 Å². The van der Waals surface area contributed by atoms with E-state index in [1.54, 1.807) is 5.56 Å². The SMILES string of the molecule is CCNC(=O)CC1CC(OC)C2(C)CCC3c4ccc(OCCCN5CCCC5C)cc4CCC3C12. The minimum absolute atomic E-state index is 0.181. The number of nitrogens with zero attached hydrogens (tertiary/aromatic N) is 1. The predicted molar refractivity (Wildman–Crippen MR) is 144 cm³/mol. The van der Waals surface area contributed by atoms with E-state index in [2.05, 4.69) is 42.3 Å². The fraction of sp³-hybridized carbons (Fsp3) is 0.774. The third kappa shape index (κ3) is 4.95. The minimum Gasteiger partial charge on any atom is -0.494 e. The first-order valence-electron chi connectivity index (χ1n) is 14.7. The Morgan fingerprint density at radius 1 is 1.25 bits per heavy atom. The molecule has 5 heteroatoms. The number of hydrogen-bond donors (Lipinski definition) is 1. The highest BCUT2D eigenvalue weighted by molar-refractivity contribution is 5.76. The molecule has 0 aromatic heterocycles. The zero-order chi connectivity index (χ0) is 25.3. The highest BCUT2D eigenvalue weighted by atomic mass is 16.5. The van der Waals surface area contributed by atoms with Crippen LogP contribution in [0.3, 0.4) is 0 Å². The molecule has 4 aliphatic rings. The number of likely N-dealkylation sites (tertiary alicyclic amines) is 1. The van der Waals surface area contributed by atoms with Gasteiger partial charge < -0.3 is 19.7 Å². The molecule has 1 aromatic rings. The Hall–Kier alpha value is -1.59. The molecule has 0 spiro atoms. The van der Waals surface area contributed by atoms with Gasteiger partial charge in [-0.2, -0.15) is 0 Å². The van der Waals surface area contributed by atoms with Crippen molar-refractivity contribution >= 4 is 5.91 Å². The van der Waals surface area contributed by atoms with E-state index in [1.165, 1.54) is 44.2 Å². The molecule has 1 aliphatic heterocycles. The van der Waals surface area contributed by atoms with Crippen LogP contribution in [0.1, 0.15) is 89.2 Å². The van der Waals surface area contributed by atoms with Gasteiger partial charge in [-0.15, -0.1) is 0 Å². The first-order chi connectivity index (χ1) is 17.4. The molecule has 1 amide bonds. The van der Waals surface area contributed by atoms with Gasteiger partial charge in [-0.25, -0.2) is 0 Å². The summed E-state index contributed by atoms with van der Waals surface area (Å²) in [6, 6.07) is 7.65. The second-order valence-corrected chi connectivity index (χ2v) is 12.3.